The first kappa shape index (κ1) is 13.3. The minimum Gasteiger partial charge on any atom is -0.348 e. The summed E-state index contributed by atoms with van der Waals surface area (Å²) in [7, 11) is 1.88. The van der Waals surface area contributed by atoms with Crippen LogP contribution in [-0.2, 0) is 18.3 Å². The van der Waals surface area contributed by atoms with E-state index in [4.69, 9.17) is 0 Å². The van der Waals surface area contributed by atoms with Crippen LogP contribution in [0.1, 0.15) is 37.1 Å². The van der Waals surface area contributed by atoms with E-state index < -0.39 is 0 Å². The number of aromatic nitrogens is 4. The van der Waals surface area contributed by atoms with Crippen molar-refractivity contribution >= 4 is 5.91 Å². The Kier molecular flexibility index (Phi) is 4.33. The van der Waals surface area contributed by atoms with Crippen molar-refractivity contribution in [3.63, 3.8) is 0 Å². The van der Waals surface area contributed by atoms with E-state index in [0.29, 0.717) is 12.8 Å². The van der Waals surface area contributed by atoms with Gasteiger partial charge >= 0.3 is 0 Å². The van der Waals surface area contributed by atoms with Crippen molar-refractivity contribution in [2.75, 3.05) is 0 Å². The summed E-state index contributed by atoms with van der Waals surface area (Å²) in [6.45, 7) is 2.05. The Morgan fingerprint density at radius 1 is 1.58 bits per heavy atom. The predicted octanol–water partition coefficient (Wildman–Crippen LogP) is 1.34. The number of carbonyl (C=O) groups excluding carboxylic acids is 1. The van der Waals surface area contributed by atoms with Crippen LogP contribution in [0.2, 0.25) is 0 Å². The van der Waals surface area contributed by atoms with E-state index >= 15 is 0 Å². The van der Waals surface area contributed by atoms with Crippen molar-refractivity contribution in [2.24, 2.45) is 7.05 Å². The predicted molar refractivity (Wildman–Crippen MR) is 71.3 cm³/mol. The van der Waals surface area contributed by atoms with Crippen LogP contribution in [0.3, 0.4) is 0 Å². The third-order valence-corrected chi connectivity index (χ3v) is 3.15. The van der Waals surface area contributed by atoms with Crippen molar-refractivity contribution in [3.8, 4) is 0 Å². The van der Waals surface area contributed by atoms with Gasteiger partial charge in [-0.3, -0.25) is 14.6 Å². The van der Waals surface area contributed by atoms with Crippen LogP contribution in [-0.4, -0.2) is 25.9 Å². The molecule has 1 unspecified atom stereocenters. The van der Waals surface area contributed by atoms with Crippen molar-refractivity contribution in [2.45, 2.75) is 32.2 Å². The lowest BCUT2D eigenvalue weighted by atomic mass is 10.1. The third-order valence-electron chi connectivity index (χ3n) is 3.15. The molecule has 0 spiro atoms. The van der Waals surface area contributed by atoms with E-state index in [1.54, 1.807) is 17.1 Å². The highest BCUT2D eigenvalue weighted by Crippen LogP contribution is 2.15. The van der Waals surface area contributed by atoms with Gasteiger partial charge in [-0.1, -0.05) is 6.92 Å². The molecular weight excluding hydrogens is 242 g/mol. The fraction of sp³-hybridized carbons (Fsp3) is 0.462. The van der Waals surface area contributed by atoms with Crippen LogP contribution < -0.4 is 5.32 Å². The molecule has 1 amide bonds. The Labute approximate surface area is 112 Å². The molecule has 0 aromatic carbocycles. The first-order valence-corrected chi connectivity index (χ1v) is 6.45. The molecule has 0 bridgehead atoms. The average Bonchev–Trinajstić information content (AvgIpc) is 3.05. The van der Waals surface area contributed by atoms with Gasteiger partial charge in [-0.2, -0.15) is 10.2 Å². The SMILES string of the molecule is CCC(NC(=O)CCc1cn[nH]c1)c1ccnn1C. The monoisotopic (exact) mass is 261 g/mol. The Bertz CT molecular complexity index is 517. The van der Waals surface area contributed by atoms with Crippen LogP contribution in [0.4, 0.5) is 0 Å². The number of H-pyrrole nitrogens is 1. The van der Waals surface area contributed by atoms with E-state index in [2.05, 4.69) is 20.6 Å². The Morgan fingerprint density at radius 3 is 3.00 bits per heavy atom. The fourth-order valence-corrected chi connectivity index (χ4v) is 2.05. The molecule has 2 heterocycles. The topological polar surface area (TPSA) is 75.6 Å². The number of carbonyl (C=O) groups is 1. The molecule has 19 heavy (non-hydrogen) atoms. The second-order valence-electron chi connectivity index (χ2n) is 4.51. The molecule has 0 aliphatic carbocycles. The third kappa shape index (κ3) is 3.43. The Balaban J connectivity index is 1.88. The molecule has 0 aliphatic heterocycles. The van der Waals surface area contributed by atoms with Gasteiger partial charge in [-0.15, -0.1) is 0 Å². The zero-order valence-electron chi connectivity index (χ0n) is 11.3. The lowest BCUT2D eigenvalue weighted by Gasteiger charge is -2.17. The molecule has 0 saturated heterocycles. The normalized spacial score (nSPS) is 12.3. The van der Waals surface area contributed by atoms with Gasteiger partial charge in [0.05, 0.1) is 17.9 Å². The molecule has 1 atom stereocenters. The minimum absolute atomic E-state index is 0.0179. The lowest BCUT2D eigenvalue weighted by molar-refractivity contribution is -0.121. The van der Waals surface area contributed by atoms with E-state index in [-0.39, 0.29) is 11.9 Å². The second kappa shape index (κ2) is 6.17. The summed E-state index contributed by atoms with van der Waals surface area (Å²) < 4.78 is 1.80. The van der Waals surface area contributed by atoms with Gasteiger partial charge in [0.2, 0.25) is 5.91 Å². The highest BCUT2D eigenvalue weighted by atomic mass is 16.1. The smallest absolute Gasteiger partial charge is 0.220 e. The van der Waals surface area contributed by atoms with Crippen molar-refractivity contribution in [1.29, 1.82) is 0 Å². The number of nitrogens with one attached hydrogen (secondary N) is 2. The highest BCUT2D eigenvalue weighted by Gasteiger charge is 2.15. The minimum atomic E-state index is 0.0179. The van der Waals surface area contributed by atoms with Crippen molar-refractivity contribution < 1.29 is 4.79 Å². The molecule has 0 aliphatic rings. The zero-order valence-corrected chi connectivity index (χ0v) is 11.3. The molecule has 2 aromatic heterocycles. The van der Waals surface area contributed by atoms with Crippen LogP contribution in [0.15, 0.2) is 24.7 Å². The lowest BCUT2D eigenvalue weighted by Crippen LogP contribution is -2.29. The van der Waals surface area contributed by atoms with Crippen LogP contribution in [0.25, 0.3) is 0 Å². The molecular formula is C13H19N5O. The van der Waals surface area contributed by atoms with Crippen molar-refractivity contribution in [1.82, 2.24) is 25.3 Å². The number of amides is 1. The zero-order chi connectivity index (χ0) is 13.7. The average molecular weight is 261 g/mol. The standard InChI is InChI=1S/C13H19N5O/c1-3-11(12-6-7-16-18(12)2)17-13(19)5-4-10-8-14-15-9-10/h6-9,11H,3-5H2,1-2H3,(H,14,15)(H,17,19). The van der Waals surface area contributed by atoms with E-state index in [9.17, 15) is 4.79 Å². The van der Waals surface area contributed by atoms with Crippen LogP contribution in [0.5, 0.6) is 0 Å². The maximum Gasteiger partial charge on any atom is 0.220 e. The number of hydrogen-bond acceptors (Lipinski definition) is 3. The van der Waals surface area contributed by atoms with E-state index in [0.717, 1.165) is 17.7 Å². The van der Waals surface area contributed by atoms with Crippen LogP contribution >= 0.6 is 0 Å². The highest BCUT2D eigenvalue weighted by molar-refractivity contribution is 5.76. The Morgan fingerprint density at radius 2 is 2.42 bits per heavy atom. The summed E-state index contributed by atoms with van der Waals surface area (Å²) in [5, 5.41) is 13.8. The largest absolute Gasteiger partial charge is 0.348 e. The molecule has 0 fully saturated rings. The second-order valence-corrected chi connectivity index (χ2v) is 4.51. The molecule has 2 aromatic rings. The first-order valence-electron chi connectivity index (χ1n) is 6.45. The van der Waals surface area contributed by atoms with Crippen LogP contribution in [0, 0.1) is 0 Å². The maximum atomic E-state index is 11.9. The number of nitrogens with zero attached hydrogens (tertiary/aromatic N) is 3. The molecule has 0 radical (unpaired) electrons. The van der Waals surface area contributed by atoms with Gasteiger partial charge in [0.15, 0.2) is 0 Å². The number of rotatable bonds is 6. The molecule has 6 nitrogen and oxygen atoms in total. The summed E-state index contributed by atoms with van der Waals surface area (Å²) in [6.07, 6.45) is 7.31. The fourth-order valence-electron chi connectivity index (χ4n) is 2.05. The summed E-state index contributed by atoms with van der Waals surface area (Å²) in [6, 6.07) is 1.95. The summed E-state index contributed by atoms with van der Waals surface area (Å²) in [5.41, 5.74) is 2.07. The number of aromatic amines is 1. The molecule has 6 heteroatoms. The summed E-state index contributed by atoms with van der Waals surface area (Å²) in [4.78, 5) is 11.9. The maximum absolute atomic E-state index is 11.9. The van der Waals surface area contributed by atoms with Gasteiger partial charge in [0.25, 0.3) is 0 Å². The first-order chi connectivity index (χ1) is 9.20. The molecule has 2 rings (SSSR count). The number of hydrogen-bond donors (Lipinski definition) is 2. The van der Waals surface area contributed by atoms with Gasteiger partial charge < -0.3 is 5.32 Å². The van der Waals surface area contributed by atoms with Gasteiger partial charge in [-0.25, -0.2) is 0 Å². The summed E-state index contributed by atoms with van der Waals surface area (Å²) in [5.74, 6) is 0.0502. The molecule has 2 N–H and O–H groups in total. The number of aryl methyl sites for hydroxylation is 2. The summed E-state index contributed by atoms with van der Waals surface area (Å²) >= 11 is 0. The van der Waals surface area contributed by atoms with E-state index in [1.165, 1.54) is 0 Å². The van der Waals surface area contributed by atoms with Gasteiger partial charge in [0, 0.05) is 25.9 Å². The quantitative estimate of drug-likeness (QED) is 0.824. The Hall–Kier alpha value is -2.11. The van der Waals surface area contributed by atoms with Crippen molar-refractivity contribution in [3.05, 3.63) is 35.9 Å². The van der Waals surface area contributed by atoms with Gasteiger partial charge in [0.1, 0.15) is 0 Å². The molecule has 102 valence electrons. The molecule has 0 saturated carbocycles. The van der Waals surface area contributed by atoms with E-state index in [1.807, 2.05) is 26.2 Å². The van der Waals surface area contributed by atoms with Gasteiger partial charge in [-0.05, 0) is 24.5 Å².